The van der Waals surface area contributed by atoms with Gasteiger partial charge in [0.05, 0.1) is 14.2 Å². The van der Waals surface area contributed by atoms with Crippen LogP contribution >= 0.6 is 0 Å². The zero-order chi connectivity index (χ0) is 11.1. The molecular weight excluding hydrogens is 200 g/mol. The summed E-state index contributed by atoms with van der Waals surface area (Å²) in [5.41, 5.74) is 1.83. The highest BCUT2D eigenvalue weighted by atomic mass is 16.6. The number of nitrogens with zero attached hydrogens (tertiary/aromatic N) is 1. The number of esters is 1. The van der Waals surface area contributed by atoms with E-state index in [2.05, 4.69) is 10.2 Å². The number of fused-ring (bicyclic) bond motifs is 2. The van der Waals surface area contributed by atoms with Crippen molar-refractivity contribution in [2.24, 2.45) is 0 Å². The summed E-state index contributed by atoms with van der Waals surface area (Å²) in [5.74, 6) is -0.461. The van der Waals surface area contributed by atoms with E-state index >= 15 is 0 Å². The van der Waals surface area contributed by atoms with Crippen LogP contribution in [0.25, 0.3) is 0 Å². The monoisotopic (exact) mass is 212 g/mol. The molecular formula is C9H12N2O4. The van der Waals surface area contributed by atoms with Crippen molar-refractivity contribution in [1.82, 2.24) is 10.4 Å². The first kappa shape index (κ1) is 9.97. The van der Waals surface area contributed by atoms with Gasteiger partial charge < -0.3 is 9.47 Å². The topological polar surface area (TPSA) is 67.9 Å². The number of hydrogen-bond donors (Lipinski definition) is 1. The average molecular weight is 212 g/mol. The second-order valence-electron chi connectivity index (χ2n) is 3.52. The zero-order valence-electron chi connectivity index (χ0n) is 8.52. The van der Waals surface area contributed by atoms with E-state index in [-0.39, 0.29) is 6.04 Å². The molecule has 2 aliphatic rings. The minimum atomic E-state index is -1.04. The van der Waals surface area contributed by atoms with E-state index in [1.807, 2.05) is 6.08 Å². The van der Waals surface area contributed by atoms with E-state index < -0.39 is 17.6 Å². The summed E-state index contributed by atoms with van der Waals surface area (Å²) < 4.78 is 9.29. The SMILES string of the molecule is COC(=O)N1NC2C=CC1(C(=O)OC)C2. The maximum Gasteiger partial charge on any atom is 0.425 e. The Morgan fingerprint density at radius 2 is 2.20 bits per heavy atom. The summed E-state index contributed by atoms with van der Waals surface area (Å²) in [6.45, 7) is 0. The molecule has 2 atom stereocenters. The molecule has 2 rings (SSSR count). The smallest absolute Gasteiger partial charge is 0.425 e. The van der Waals surface area contributed by atoms with Crippen LogP contribution < -0.4 is 5.43 Å². The van der Waals surface area contributed by atoms with Crippen LogP contribution in [0.3, 0.4) is 0 Å². The second kappa shape index (κ2) is 3.23. The van der Waals surface area contributed by atoms with Gasteiger partial charge in [-0.1, -0.05) is 6.08 Å². The van der Waals surface area contributed by atoms with Gasteiger partial charge in [-0.3, -0.25) is 0 Å². The molecule has 0 aromatic rings. The van der Waals surface area contributed by atoms with Crippen molar-refractivity contribution in [2.75, 3.05) is 14.2 Å². The molecule has 1 fully saturated rings. The zero-order valence-corrected chi connectivity index (χ0v) is 8.52. The molecule has 2 bridgehead atoms. The van der Waals surface area contributed by atoms with Gasteiger partial charge in [-0.15, -0.1) is 0 Å². The summed E-state index contributed by atoms with van der Waals surface area (Å²) in [5, 5.41) is 1.18. The Morgan fingerprint density at radius 3 is 2.73 bits per heavy atom. The number of ether oxygens (including phenoxy) is 2. The van der Waals surface area contributed by atoms with Gasteiger partial charge in [0.2, 0.25) is 0 Å². The molecule has 1 saturated heterocycles. The largest absolute Gasteiger partial charge is 0.467 e. The van der Waals surface area contributed by atoms with Crippen molar-refractivity contribution >= 4 is 12.1 Å². The molecule has 0 spiro atoms. The third-order valence-electron chi connectivity index (χ3n) is 2.73. The minimum absolute atomic E-state index is 0.0109. The van der Waals surface area contributed by atoms with E-state index in [0.717, 1.165) is 0 Å². The normalized spacial score (nSPS) is 31.9. The van der Waals surface area contributed by atoms with Gasteiger partial charge in [-0.25, -0.2) is 20.0 Å². The first-order chi connectivity index (χ1) is 7.14. The molecule has 1 heterocycles. The highest BCUT2D eigenvalue weighted by Crippen LogP contribution is 2.36. The van der Waals surface area contributed by atoms with E-state index in [4.69, 9.17) is 4.74 Å². The third kappa shape index (κ3) is 1.21. The van der Waals surface area contributed by atoms with Gasteiger partial charge in [-0.2, -0.15) is 0 Å². The van der Waals surface area contributed by atoms with Crippen molar-refractivity contribution in [3.8, 4) is 0 Å². The Morgan fingerprint density at radius 1 is 1.47 bits per heavy atom. The number of amides is 1. The van der Waals surface area contributed by atoms with Gasteiger partial charge in [0, 0.05) is 12.5 Å². The standard InChI is InChI=1S/C9H12N2O4/c1-14-7(12)9-4-3-6(5-9)10-11(9)8(13)15-2/h3-4,6,10H,5H2,1-2H3. The van der Waals surface area contributed by atoms with Crippen LogP contribution in [0.2, 0.25) is 0 Å². The maximum absolute atomic E-state index is 11.7. The van der Waals surface area contributed by atoms with Gasteiger partial charge in [0.25, 0.3) is 0 Å². The highest BCUT2D eigenvalue weighted by Gasteiger charge is 2.56. The fourth-order valence-electron chi connectivity index (χ4n) is 2.01. The highest BCUT2D eigenvalue weighted by molar-refractivity contribution is 5.89. The van der Waals surface area contributed by atoms with Crippen molar-refractivity contribution < 1.29 is 19.1 Å². The molecule has 0 aromatic carbocycles. The van der Waals surface area contributed by atoms with Crippen molar-refractivity contribution in [1.29, 1.82) is 0 Å². The summed E-state index contributed by atoms with van der Waals surface area (Å²) in [4.78, 5) is 23.1. The van der Waals surface area contributed by atoms with E-state index in [1.165, 1.54) is 19.2 Å². The van der Waals surface area contributed by atoms with Gasteiger partial charge >= 0.3 is 12.1 Å². The Kier molecular flexibility index (Phi) is 2.15. The fraction of sp³-hybridized carbons (Fsp3) is 0.556. The lowest BCUT2D eigenvalue weighted by Gasteiger charge is -2.31. The molecule has 2 unspecified atom stereocenters. The van der Waals surface area contributed by atoms with Crippen LogP contribution in [0.5, 0.6) is 0 Å². The van der Waals surface area contributed by atoms with Crippen molar-refractivity contribution in [3.63, 3.8) is 0 Å². The predicted octanol–water partition coefficient (Wildman–Crippen LogP) is -0.187. The molecule has 1 aliphatic heterocycles. The fourth-order valence-corrected chi connectivity index (χ4v) is 2.01. The maximum atomic E-state index is 11.7. The van der Waals surface area contributed by atoms with Crippen LogP contribution in [0.15, 0.2) is 12.2 Å². The molecule has 15 heavy (non-hydrogen) atoms. The first-order valence-corrected chi connectivity index (χ1v) is 4.56. The molecule has 0 saturated carbocycles. The van der Waals surface area contributed by atoms with Crippen LogP contribution in [0.4, 0.5) is 4.79 Å². The molecule has 1 amide bonds. The lowest BCUT2D eigenvalue weighted by molar-refractivity contribution is -0.150. The number of hydrogen-bond acceptors (Lipinski definition) is 5. The van der Waals surface area contributed by atoms with E-state index in [0.29, 0.717) is 6.42 Å². The quantitative estimate of drug-likeness (QED) is 0.482. The van der Waals surface area contributed by atoms with E-state index in [9.17, 15) is 9.59 Å². The van der Waals surface area contributed by atoms with Gasteiger partial charge in [-0.05, 0) is 6.08 Å². The number of carbonyl (C=O) groups excluding carboxylic acids is 2. The number of methoxy groups -OCH3 is 2. The van der Waals surface area contributed by atoms with Crippen LogP contribution in [-0.2, 0) is 14.3 Å². The lowest BCUT2D eigenvalue weighted by atomic mass is 10.00. The molecule has 6 heteroatoms. The first-order valence-electron chi connectivity index (χ1n) is 4.56. The lowest BCUT2D eigenvalue weighted by Crippen LogP contribution is -2.56. The van der Waals surface area contributed by atoms with Crippen molar-refractivity contribution in [2.45, 2.75) is 18.0 Å². The molecule has 82 valence electrons. The summed E-state index contributed by atoms with van der Waals surface area (Å²) in [7, 11) is 2.57. The number of nitrogens with one attached hydrogen (secondary N) is 1. The number of carbonyl (C=O) groups is 2. The van der Waals surface area contributed by atoms with Crippen LogP contribution in [0, 0.1) is 0 Å². The molecule has 1 N–H and O–H groups in total. The Hall–Kier alpha value is -1.56. The minimum Gasteiger partial charge on any atom is -0.467 e. The van der Waals surface area contributed by atoms with E-state index in [1.54, 1.807) is 6.08 Å². The summed E-state index contributed by atoms with van der Waals surface area (Å²) >= 11 is 0. The van der Waals surface area contributed by atoms with Gasteiger partial charge in [0.15, 0.2) is 5.54 Å². The number of hydrazine groups is 1. The summed E-state index contributed by atoms with van der Waals surface area (Å²) in [6.07, 6.45) is 3.43. The average Bonchev–Trinajstić information content (AvgIpc) is 2.85. The molecule has 6 nitrogen and oxygen atoms in total. The second-order valence-corrected chi connectivity index (χ2v) is 3.52. The molecule has 0 aromatic heterocycles. The number of rotatable bonds is 1. The molecule has 1 aliphatic carbocycles. The predicted molar refractivity (Wildman–Crippen MR) is 49.7 cm³/mol. The van der Waals surface area contributed by atoms with Crippen LogP contribution in [-0.4, -0.2) is 42.9 Å². The van der Waals surface area contributed by atoms with Crippen LogP contribution in [0.1, 0.15) is 6.42 Å². The molecule has 0 radical (unpaired) electrons. The Balaban J connectivity index is 2.31. The summed E-state index contributed by atoms with van der Waals surface area (Å²) in [6, 6.07) is -0.0109. The van der Waals surface area contributed by atoms with Gasteiger partial charge in [0.1, 0.15) is 0 Å². The third-order valence-corrected chi connectivity index (χ3v) is 2.73. The van der Waals surface area contributed by atoms with Crippen molar-refractivity contribution in [3.05, 3.63) is 12.2 Å². The Labute approximate surface area is 86.8 Å². The Bertz CT molecular complexity index is 341.